The molecule has 1 fully saturated rings. The van der Waals surface area contributed by atoms with Gasteiger partial charge in [-0.3, -0.25) is 9.78 Å². The summed E-state index contributed by atoms with van der Waals surface area (Å²) >= 11 is 0. The molecule has 222 valence electrons. The van der Waals surface area contributed by atoms with Gasteiger partial charge >= 0.3 is 0 Å². The average Bonchev–Trinajstić information content (AvgIpc) is 3.54. The minimum absolute atomic E-state index is 0.0976. The summed E-state index contributed by atoms with van der Waals surface area (Å²) in [5, 5.41) is 16.9. The van der Waals surface area contributed by atoms with E-state index in [-0.39, 0.29) is 37.0 Å². The zero-order chi connectivity index (χ0) is 29.9. The van der Waals surface area contributed by atoms with Crippen LogP contribution < -0.4 is 11.3 Å². The third-order valence-corrected chi connectivity index (χ3v) is 7.81. The van der Waals surface area contributed by atoms with Crippen molar-refractivity contribution in [3.63, 3.8) is 0 Å². The van der Waals surface area contributed by atoms with Crippen LogP contribution in [0.5, 0.6) is 0 Å². The van der Waals surface area contributed by atoms with Gasteiger partial charge in [0.25, 0.3) is 5.56 Å². The summed E-state index contributed by atoms with van der Waals surface area (Å²) < 4.78 is 27.0. The normalized spacial score (nSPS) is 23.6. The van der Waals surface area contributed by atoms with Gasteiger partial charge in [-0.15, -0.1) is 5.10 Å². The van der Waals surface area contributed by atoms with Gasteiger partial charge < -0.3 is 29.8 Å². The van der Waals surface area contributed by atoms with E-state index in [0.717, 1.165) is 16.7 Å². The van der Waals surface area contributed by atoms with Crippen molar-refractivity contribution in [3.8, 4) is 0 Å². The third-order valence-electron chi connectivity index (χ3n) is 7.81. The van der Waals surface area contributed by atoms with Crippen LogP contribution in [0.3, 0.4) is 0 Å². The second-order valence-corrected chi connectivity index (χ2v) is 10.8. The number of nitrogens with zero attached hydrogens (tertiary/aromatic N) is 2. The van der Waals surface area contributed by atoms with Crippen molar-refractivity contribution in [2.75, 3.05) is 12.3 Å². The second-order valence-electron chi connectivity index (χ2n) is 10.8. The maximum Gasteiger partial charge on any atom is 0.276 e. The van der Waals surface area contributed by atoms with Crippen LogP contribution in [-0.2, 0) is 44.6 Å². The minimum Gasteiger partial charge on any atom is -0.374 e. The number of aromatic nitrogens is 3. The molecule has 1 saturated heterocycles. The molecule has 4 atom stereocenters. The average molecular weight is 583 g/mol. The zero-order valence-electron chi connectivity index (χ0n) is 23.8. The van der Waals surface area contributed by atoms with Crippen molar-refractivity contribution in [1.82, 2.24) is 14.6 Å². The molecule has 6 rings (SSSR count). The molecule has 0 saturated carbocycles. The lowest BCUT2D eigenvalue weighted by Gasteiger charge is -2.40. The monoisotopic (exact) mass is 582 g/mol. The Hall–Kier alpha value is -4.32. The largest absolute Gasteiger partial charge is 0.374 e. The fourth-order valence-corrected chi connectivity index (χ4v) is 5.54. The van der Waals surface area contributed by atoms with Crippen LogP contribution in [0.15, 0.2) is 108 Å². The highest BCUT2D eigenvalue weighted by atomic mass is 16.7. The number of anilines is 1. The highest BCUT2D eigenvalue weighted by molar-refractivity contribution is 5.49. The van der Waals surface area contributed by atoms with Crippen molar-refractivity contribution in [3.05, 3.63) is 136 Å². The number of rotatable bonds is 11. The molecule has 0 radical (unpaired) electrons. The van der Waals surface area contributed by atoms with Crippen LogP contribution in [0.4, 0.5) is 5.95 Å². The Kier molecular flexibility index (Phi) is 8.11. The molecule has 0 amide bonds. The summed E-state index contributed by atoms with van der Waals surface area (Å²) in [5.74, 6) is -2.23. The van der Waals surface area contributed by atoms with Crippen molar-refractivity contribution < 1.29 is 24.1 Å². The molecule has 0 aliphatic carbocycles. The van der Waals surface area contributed by atoms with Crippen molar-refractivity contribution in [1.29, 1.82) is 0 Å². The fourth-order valence-electron chi connectivity index (χ4n) is 5.54. The SMILES string of the molecule is CC1(OCc2ccccc2)[C@H](OCc2ccccc2)[C@@H](COCc2ccccc2)O[C@@]1(O)c1ccc2c(=O)[nH]c(N)nn12. The van der Waals surface area contributed by atoms with Crippen LogP contribution in [-0.4, -0.2) is 44.1 Å². The molecule has 1 aliphatic heterocycles. The molecule has 3 aromatic carbocycles. The molecule has 1 unspecified atom stereocenters. The van der Waals surface area contributed by atoms with E-state index in [4.69, 9.17) is 24.7 Å². The molecular formula is C33H34N4O6. The predicted molar refractivity (Wildman–Crippen MR) is 160 cm³/mol. The van der Waals surface area contributed by atoms with Gasteiger partial charge in [0, 0.05) is 0 Å². The lowest BCUT2D eigenvalue weighted by Crippen LogP contribution is -2.55. The highest BCUT2D eigenvalue weighted by Crippen LogP contribution is 2.49. The third kappa shape index (κ3) is 5.71. The smallest absolute Gasteiger partial charge is 0.276 e. The van der Waals surface area contributed by atoms with E-state index in [9.17, 15) is 9.90 Å². The lowest BCUT2D eigenvalue weighted by atomic mass is 9.87. The van der Waals surface area contributed by atoms with Crippen molar-refractivity contribution >= 4 is 11.5 Å². The number of aromatic amines is 1. The van der Waals surface area contributed by atoms with E-state index < -0.39 is 29.2 Å². The molecule has 4 N–H and O–H groups in total. The Morgan fingerprint density at radius 1 is 0.884 bits per heavy atom. The van der Waals surface area contributed by atoms with E-state index in [1.165, 1.54) is 4.52 Å². The van der Waals surface area contributed by atoms with Gasteiger partial charge in [0.15, 0.2) is 5.60 Å². The van der Waals surface area contributed by atoms with E-state index in [2.05, 4.69) is 10.1 Å². The van der Waals surface area contributed by atoms with E-state index in [0.29, 0.717) is 6.61 Å². The molecule has 0 spiro atoms. The van der Waals surface area contributed by atoms with Gasteiger partial charge in [0.2, 0.25) is 11.7 Å². The van der Waals surface area contributed by atoms with Gasteiger partial charge in [-0.1, -0.05) is 91.0 Å². The number of nitrogens with two attached hydrogens (primary N) is 1. The Labute approximate surface area is 248 Å². The van der Waals surface area contributed by atoms with Crippen LogP contribution in [0.2, 0.25) is 0 Å². The molecule has 10 nitrogen and oxygen atoms in total. The van der Waals surface area contributed by atoms with Crippen LogP contribution in [0.1, 0.15) is 29.3 Å². The summed E-state index contributed by atoms with van der Waals surface area (Å²) in [5.41, 5.74) is 7.16. The van der Waals surface area contributed by atoms with E-state index in [1.807, 2.05) is 91.0 Å². The summed E-state index contributed by atoms with van der Waals surface area (Å²) in [6.45, 7) is 2.59. The van der Waals surface area contributed by atoms with Crippen molar-refractivity contribution in [2.45, 2.75) is 50.3 Å². The number of H-pyrrole nitrogens is 1. The van der Waals surface area contributed by atoms with Gasteiger partial charge in [0.1, 0.15) is 23.4 Å². The maximum absolute atomic E-state index is 12.7. The van der Waals surface area contributed by atoms with Crippen LogP contribution >= 0.6 is 0 Å². The Morgan fingerprint density at radius 2 is 1.47 bits per heavy atom. The zero-order valence-corrected chi connectivity index (χ0v) is 23.8. The molecule has 43 heavy (non-hydrogen) atoms. The molecule has 2 aromatic heterocycles. The summed E-state index contributed by atoms with van der Waals surface area (Å²) in [6, 6.07) is 32.3. The predicted octanol–water partition coefficient (Wildman–Crippen LogP) is 3.93. The van der Waals surface area contributed by atoms with E-state index in [1.54, 1.807) is 19.1 Å². The summed E-state index contributed by atoms with van der Waals surface area (Å²) in [7, 11) is 0. The molecule has 1 aliphatic rings. The van der Waals surface area contributed by atoms with Crippen LogP contribution in [0, 0.1) is 0 Å². The minimum atomic E-state index is -2.12. The Bertz CT molecular complexity index is 1710. The molecule has 0 bridgehead atoms. The number of aliphatic hydroxyl groups is 1. The lowest BCUT2D eigenvalue weighted by molar-refractivity contribution is -0.294. The molecule has 10 heteroatoms. The molecule has 5 aromatic rings. The maximum atomic E-state index is 12.7. The second kappa shape index (κ2) is 12.1. The Morgan fingerprint density at radius 3 is 2.09 bits per heavy atom. The standard InChI is InChI=1S/C33H34N4O6/c1-32(42-21-25-15-9-4-10-16-25)29(41-20-24-13-7-3-8-14-24)27(22-40-19-23-11-5-2-6-12-23)43-33(32,39)28-18-17-26-30(38)35-31(34)36-37(26)28/h2-18,27,29,39H,19-22H2,1H3,(H3,34,35,36,38)/t27-,29-,32?,33+/m1/s1. The first-order valence-electron chi connectivity index (χ1n) is 14.1. The number of fused-ring (bicyclic) bond motifs is 1. The van der Waals surface area contributed by atoms with Gasteiger partial charge in [-0.25, -0.2) is 4.52 Å². The first-order chi connectivity index (χ1) is 20.9. The summed E-state index contributed by atoms with van der Waals surface area (Å²) in [6.07, 6.45) is -1.56. The van der Waals surface area contributed by atoms with Gasteiger partial charge in [-0.05, 0) is 35.7 Å². The van der Waals surface area contributed by atoms with Crippen molar-refractivity contribution in [2.24, 2.45) is 0 Å². The number of hydrogen-bond donors (Lipinski definition) is 3. The fraction of sp³-hybridized carbons (Fsp3) is 0.273. The number of nitrogens with one attached hydrogen (secondary N) is 1. The number of benzene rings is 3. The van der Waals surface area contributed by atoms with Gasteiger partial charge in [0.05, 0.1) is 26.4 Å². The van der Waals surface area contributed by atoms with Gasteiger partial charge in [-0.2, -0.15) is 0 Å². The topological polar surface area (TPSA) is 133 Å². The molecule has 3 heterocycles. The first-order valence-corrected chi connectivity index (χ1v) is 14.1. The first kappa shape index (κ1) is 28.8. The number of nitrogen functional groups attached to an aromatic ring is 1. The summed E-state index contributed by atoms with van der Waals surface area (Å²) in [4.78, 5) is 15.2. The quantitative estimate of drug-likeness (QED) is 0.213. The number of hydrogen-bond acceptors (Lipinski definition) is 8. The van der Waals surface area contributed by atoms with Crippen LogP contribution in [0.25, 0.3) is 5.52 Å². The van der Waals surface area contributed by atoms with E-state index >= 15 is 0 Å². The highest BCUT2D eigenvalue weighted by Gasteiger charge is 2.67. The Balaban J connectivity index is 1.40. The number of ether oxygens (including phenoxy) is 4. The molecular weight excluding hydrogens is 548 g/mol.